The van der Waals surface area contributed by atoms with Crippen LogP contribution >= 0.6 is 0 Å². The summed E-state index contributed by atoms with van der Waals surface area (Å²) in [6.07, 6.45) is 1.60. The number of hydrogen-bond acceptors (Lipinski definition) is 4. The molecule has 58 heavy (non-hydrogen) atoms. The fourth-order valence-corrected chi connectivity index (χ4v) is 8.94. The molecule has 0 bridgehead atoms. The highest BCUT2D eigenvalue weighted by Gasteiger charge is 2.26. The molecule has 0 amide bonds. The second-order valence-corrected chi connectivity index (χ2v) is 15.3. The normalized spacial score (nSPS) is 15.2. The van der Waals surface area contributed by atoms with Gasteiger partial charge in [0, 0.05) is 33.4 Å². The predicted octanol–water partition coefficient (Wildman–Crippen LogP) is 13.2. The van der Waals surface area contributed by atoms with Crippen LogP contribution in [0, 0.1) is 0 Å². The summed E-state index contributed by atoms with van der Waals surface area (Å²) >= 11 is 0. The molecule has 1 aliphatic heterocycles. The molecule has 11 rings (SSSR count). The molecule has 0 saturated carbocycles. The van der Waals surface area contributed by atoms with E-state index in [1.807, 2.05) is 36.4 Å². The van der Waals surface area contributed by atoms with Gasteiger partial charge in [0.25, 0.3) is 0 Å². The van der Waals surface area contributed by atoms with E-state index in [0.717, 1.165) is 68.7 Å². The van der Waals surface area contributed by atoms with Gasteiger partial charge in [-0.1, -0.05) is 164 Å². The Morgan fingerprint density at radius 2 is 1.03 bits per heavy atom. The van der Waals surface area contributed by atoms with Crippen molar-refractivity contribution in [3.63, 3.8) is 0 Å². The van der Waals surface area contributed by atoms with Crippen molar-refractivity contribution in [1.82, 2.24) is 5.32 Å². The molecule has 0 radical (unpaired) electrons. The van der Waals surface area contributed by atoms with Crippen molar-refractivity contribution in [2.24, 2.45) is 9.98 Å². The van der Waals surface area contributed by atoms with E-state index in [1.54, 1.807) is 0 Å². The Balaban J connectivity index is 1.07. The van der Waals surface area contributed by atoms with Gasteiger partial charge in [0.1, 0.15) is 22.8 Å². The van der Waals surface area contributed by atoms with Crippen LogP contribution in [-0.4, -0.2) is 11.7 Å². The smallest absolute Gasteiger partial charge is 0.170 e. The fraction of sp³-hybridized carbons (Fsp3) is 0.0741. The van der Waals surface area contributed by atoms with Crippen LogP contribution in [0.1, 0.15) is 51.9 Å². The maximum absolute atomic E-state index is 6.56. The Morgan fingerprint density at radius 1 is 0.448 bits per heavy atom. The van der Waals surface area contributed by atoms with E-state index < -0.39 is 6.17 Å². The molecule has 1 aliphatic carbocycles. The van der Waals surface area contributed by atoms with E-state index in [0.29, 0.717) is 5.92 Å². The SMILES string of the molecule is c1ccc(C2=NC(c3cccc4oc5ccc(-c6ccc7c(c6)-c6cc(-c8ccccc8)ccc6CCC7c6ccccc6)cc5c34)N=C(c3ccccc3)N2)cc1. The fourth-order valence-electron chi connectivity index (χ4n) is 8.94. The van der Waals surface area contributed by atoms with Crippen LogP contribution in [0.2, 0.25) is 0 Å². The van der Waals surface area contributed by atoms with Crippen LogP contribution in [0.15, 0.2) is 209 Å². The summed E-state index contributed by atoms with van der Waals surface area (Å²) < 4.78 is 6.56. The molecule has 276 valence electrons. The lowest BCUT2D eigenvalue weighted by Gasteiger charge is -2.22. The molecule has 8 aromatic carbocycles. The molecule has 2 aliphatic rings. The molecule has 2 heterocycles. The number of rotatable bonds is 6. The first-order valence-corrected chi connectivity index (χ1v) is 20.1. The van der Waals surface area contributed by atoms with Crippen molar-refractivity contribution >= 4 is 33.6 Å². The Morgan fingerprint density at radius 3 is 1.74 bits per heavy atom. The van der Waals surface area contributed by atoms with E-state index in [9.17, 15) is 0 Å². The van der Waals surface area contributed by atoms with Gasteiger partial charge in [-0.15, -0.1) is 0 Å². The highest BCUT2D eigenvalue weighted by Crippen LogP contribution is 2.45. The maximum Gasteiger partial charge on any atom is 0.170 e. The number of furan rings is 1. The lowest BCUT2D eigenvalue weighted by molar-refractivity contribution is 0.667. The van der Waals surface area contributed by atoms with Gasteiger partial charge in [-0.05, 0) is 93.2 Å². The van der Waals surface area contributed by atoms with Crippen LogP contribution in [0.3, 0.4) is 0 Å². The molecule has 1 aromatic heterocycles. The Kier molecular flexibility index (Phi) is 8.40. The molecule has 4 heteroatoms. The summed E-state index contributed by atoms with van der Waals surface area (Å²) in [7, 11) is 0. The van der Waals surface area contributed by atoms with E-state index in [1.165, 1.54) is 44.5 Å². The second-order valence-electron chi connectivity index (χ2n) is 15.3. The number of hydrogen-bond donors (Lipinski definition) is 1. The average molecular weight is 746 g/mol. The first-order valence-electron chi connectivity index (χ1n) is 20.1. The van der Waals surface area contributed by atoms with Crippen molar-refractivity contribution in [2.75, 3.05) is 0 Å². The quantitative estimate of drug-likeness (QED) is 0.184. The summed E-state index contributed by atoms with van der Waals surface area (Å²) in [4.78, 5) is 10.5. The van der Waals surface area contributed by atoms with E-state index in [-0.39, 0.29) is 0 Å². The van der Waals surface area contributed by atoms with Gasteiger partial charge in [0.2, 0.25) is 0 Å². The first-order chi connectivity index (χ1) is 28.7. The molecule has 9 aromatic rings. The minimum atomic E-state index is -0.474. The number of nitrogens with one attached hydrogen (secondary N) is 1. The molecule has 1 N–H and O–H groups in total. The van der Waals surface area contributed by atoms with Gasteiger partial charge >= 0.3 is 0 Å². The maximum atomic E-state index is 6.56. The largest absolute Gasteiger partial charge is 0.456 e. The lowest BCUT2D eigenvalue weighted by atomic mass is 9.84. The monoisotopic (exact) mass is 745 g/mol. The molecule has 0 spiro atoms. The Labute approximate surface area is 337 Å². The number of aliphatic imine (C=N–C) groups is 2. The summed E-state index contributed by atoms with van der Waals surface area (Å²) in [6.45, 7) is 0. The minimum absolute atomic E-state index is 0.299. The lowest BCUT2D eigenvalue weighted by Crippen LogP contribution is -2.36. The number of benzene rings is 8. The molecule has 4 nitrogen and oxygen atoms in total. The van der Waals surface area contributed by atoms with Gasteiger partial charge < -0.3 is 9.73 Å². The van der Waals surface area contributed by atoms with E-state index >= 15 is 0 Å². The molecular weight excluding hydrogens is 707 g/mol. The average Bonchev–Trinajstić information content (AvgIpc) is 3.60. The van der Waals surface area contributed by atoms with Crippen LogP contribution in [0.25, 0.3) is 55.3 Å². The third kappa shape index (κ3) is 6.11. The van der Waals surface area contributed by atoms with Crippen molar-refractivity contribution in [2.45, 2.75) is 24.9 Å². The number of fused-ring (bicyclic) bond motifs is 6. The molecular formula is C54H39N3O. The summed E-state index contributed by atoms with van der Waals surface area (Å²) in [5, 5.41) is 5.63. The topological polar surface area (TPSA) is 49.9 Å². The molecule has 0 saturated heterocycles. The molecule has 1 unspecified atom stereocenters. The van der Waals surface area contributed by atoms with Gasteiger partial charge in [-0.3, -0.25) is 0 Å². The zero-order valence-corrected chi connectivity index (χ0v) is 31.8. The molecule has 1 atom stereocenters. The summed E-state index contributed by atoms with van der Waals surface area (Å²) in [6, 6.07) is 69.3. The second kappa shape index (κ2) is 14.3. The zero-order valence-electron chi connectivity index (χ0n) is 31.8. The van der Waals surface area contributed by atoms with Crippen LogP contribution in [-0.2, 0) is 6.42 Å². The Bertz CT molecular complexity index is 2970. The van der Waals surface area contributed by atoms with Gasteiger partial charge in [0.15, 0.2) is 6.17 Å². The van der Waals surface area contributed by atoms with Crippen LogP contribution in [0.5, 0.6) is 0 Å². The van der Waals surface area contributed by atoms with Crippen LogP contribution < -0.4 is 5.32 Å². The van der Waals surface area contributed by atoms with E-state index in [2.05, 4.69) is 163 Å². The number of amidine groups is 2. The van der Waals surface area contributed by atoms with Crippen molar-refractivity contribution in [1.29, 1.82) is 0 Å². The van der Waals surface area contributed by atoms with Crippen molar-refractivity contribution < 1.29 is 4.42 Å². The van der Waals surface area contributed by atoms with Gasteiger partial charge in [-0.2, -0.15) is 0 Å². The highest BCUT2D eigenvalue weighted by molar-refractivity contribution is 6.16. The van der Waals surface area contributed by atoms with E-state index in [4.69, 9.17) is 14.4 Å². The standard InChI is InChI=1S/C54H39N3O/c1-5-14-35(15-6-1)40-25-24-37-26-29-43(36-16-7-2-8-17-36)44-30-27-41(33-47(44)46(37)32-40)42-28-31-49-48(34-42)51-45(22-13-23-50(51)58-49)54-56-52(38-18-9-3-10-19-38)55-53(57-54)39-20-11-4-12-21-39/h1-25,27-28,30-34,43,54H,26,29H2,(H,55,56,57). The number of nitrogens with zero attached hydrogens (tertiary/aromatic N) is 2. The highest BCUT2D eigenvalue weighted by atomic mass is 16.3. The zero-order chi connectivity index (χ0) is 38.4. The third-order valence-electron chi connectivity index (χ3n) is 11.8. The van der Waals surface area contributed by atoms with Crippen LogP contribution in [0.4, 0.5) is 0 Å². The van der Waals surface area contributed by atoms with Gasteiger partial charge in [-0.25, -0.2) is 9.98 Å². The molecule has 0 fully saturated rings. The minimum Gasteiger partial charge on any atom is -0.456 e. The van der Waals surface area contributed by atoms with Crippen molar-refractivity contribution in [3.8, 4) is 33.4 Å². The predicted molar refractivity (Wildman–Crippen MR) is 238 cm³/mol. The summed E-state index contributed by atoms with van der Waals surface area (Å²) in [5.41, 5.74) is 16.2. The number of aryl methyl sites for hydroxylation is 1. The summed E-state index contributed by atoms with van der Waals surface area (Å²) in [5.74, 6) is 1.88. The van der Waals surface area contributed by atoms with Crippen molar-refractivity contribution in [3.05, 3.63) is 228 Å². The van der Waals surface area contributed by atoms with Gasteiger partial charge in [0.05, 0.1) is 0 Å². The first kappa shape index (κ1) is 34.0. The third-order valence-corrected chi connectivity index (χ3v) is 11.8. The Hall–Kier alpha value is -7.30.